The Labute approximate surface area is 114 Å². The Morgan fingerprint density at radius 1 is 1.50 bits per heavy atom. The lowest BCUT2D eigenvalue weighted by atomic mass is 10.1. The van der Waals surface area contributed by atoms with Crippen LogP contribution < -0.4 is 11.1 Å². The van der Waals surface area contributed by atoms with Crippen molar-refractivity contribution in [1.82, 2.24) is 4.90 Å². The summed E-state index contributed by atoms with van der Waals surface area (Å²) in [5.74, 6) is 0. The van der Waals surface area contributed by atoms with E-state index in [0.29, 0.717) is 4.99 Å². The van der Waals surface area contributed by atoms with E-state index in [2.05, 4.69) is 30.3 Å². The highest BCUT2D eigenvalue weighted by atomic mass is 32.1. The maximum absolute atomic E-state index is 5.62. The lowest BCUT2D eigenvalue weighted by Crippen LogP contribution is -2.27. The number of anilines is 1. The average molecular weight is 263 g/mol. The number of rotatable bonds is 6. The predicted octanol–water partition coefficient (Wildman–Crippen LogP) is 2.14. The van der Waals surface area contributed by atoms with Crippen molar-refractivity contribution in [3.8, 4) is 0 Å². The smallest absolute Gasteiger partial charge is 0.103 e. The van der Waals surface area contributed by atoms with Gasteiger partial charge in [-0.15, -0.1) is 0 Å². The van der Waals surface area contributed by atoms with Gasteiger partial charge in [0.2, 0.25) is 0 Å². The largest absolute Gasteiger partial charge is 0.389 e. The number of hydrogen-bond acceptors (Lipinski definition) is 3. The normalized spacial score (nSPS) is 14.8. The fourth-order valence-corrected chi connectivity index (χ4v) is 2.21. The highest BCUT2D eigenvalue weighted by Gasteiger charge is 2.25. The SMILES string of the molecule is Cc1cc(C(N)=S)ccc1NCCN(C)C1CC1. The van der Waals surface area contributed by atoms with E-state index in [1.807, 2.05) is 12.1 Å². The minimum atomic E-state index is 0.457. The number of thiocarbonyl (C=S) groups is 1. The molecule has 0 heterocycles. The van der Waals surface area contributed by atoms with Crippen LogP contribution in [-0.4, -0.2) is 36.1 Å². The number of likely N-dealkylation sites (N-methyl/N-ethyl adjacent to an activating group) is 1. The van der Waals surface area contributed by atoms with Gasteiger partial charge < -0.3 is 16.0 Å². The lowest BCUT2D eigenvalue weighted by Gasteiger charge is -2.17. The molecule has 1 fully saturated rings. The van der Waals surface area contributed by atoms with E-state index >= 15 is 0 Å². The molecule has 0 bridgehead atoms. The summed E-state index contributed by atoms with van der Waals surface area (Å²) < 4.78 is 0. The second kappa shape index (κ2) is 5.67. The molecule has 1 saturated carbocycles. The molecule has 0 aromatic heterocycles. The van der Waals surface area contributed by atoms with Crippen molar-refractivity contribution < 1.29 is 0 Å². The highest BCUT2D eigenvalue weighted by molar-refractivity contribution is 7.80. The second-order valence-electron chi connectivity index (χ2n) is 5.03. The van der Waals surface area contributed by atoms with Gasteiger partial charge in [0.1, 0.15) is 4.99 Å². The molecule has 2 rings (SSSR count). The van der Waals surface area contributed by atoms with Crippen LogP contribution in [0.4, 0.5) is 5.69 Å². The van der Waals surface area contributed by atoms with Gasteiger partial charge in [-0.1, -0.05) is 12.2 Å². The van der Waals surface area contributed by atoms with E-state index < -0.39 is 0 Å². The van der Waals surface area contributed by atoms with Crippen LogP contribution in [0.3, 0.4) is 0 Å². The maximum Gasteiger partial charge on any atom is 0.103 e. The van der Waals surface area contributed by atoms with Gasteiger partial charge in [0.15, 0.2) is 0 Å². The molecule has 1 aromatic rings. The molecular formula is C14H21N3S. The molecule has 1 aromatic carbocycles. The first kappa shape index (κ1) is 13.3. The summed E-state index contributed by atoms with van der Waals surface area (Å²) >= 11 is 4.97. The number of benzene rings is 1. The first-order chi connectivity index (χ1) is 8.58. The van der Waals surface area contributed by atoms with Crippen LogP contribution in [0.2, 0.25) is 0 Å². The topological polar surface area (TPSA) is 41.3 Å². The van der Waals surface area contributed by atoms with Crippen LogP contribution in [0.5, 0.6) is 0 Å². The van der Waals surface area contributed by atoms with Crippen molar-refractivity contribution in [3.05, 3.63) is 29.3 Å². The fourth-order valence-electron chi connectivity index (χ4n) is 2.08. The van der Waals surface area contributed by atoms with E-state index in [4.69, 9.17) is 18.0 Å². The summed E-state index contributed by atoms with van der Waals surface area (Å²) in [7, 11) is 2.20. The van der Waals surface area contributed by atoms with Crippen molar-refractivity contribution >= 4 is 22.9 Å². The molecule has 4 heteroatoms. The van der Waals surface area contributed by atoms with E-state index in [1.165, 1.54) is 24.1 Å². The quantitative estimate of drug-likeness (QED) is 0.772. The van der Waals surface area contributed by atoms with Gasteiger partial charge in [0.25, 0.3) is 0 Å². The first-order valence-electron chi connectivity index (χ1n) is 6.42. The van der Waals surface area contributed by atoms with Crippen molar-refractivity contribution in [2.45, 2.75) is 25.8 Å². The monoisotopic (exact) mass is 263 g/mol. The van der Waals surface area contributed by atoms with Gasteiger partial charge >= 0.3 is 0 Å². The molecule has 0 saturated heterocycles. The fraction of sp³-hybridized carbons (Fsp3) is 0.500. The van der Waals surface area contributed by atoms with Crippen molar-refractivity contribution in [2.75, 3.05) is 25.5 Å². The van der Waals surface area contributed by atoms with Gasteiger partial charge in [-0.3, -0.25) is 0 Å². The van der Waals surface area contributed by atoms with E-state index in [9.17, 15) is 0 Å². The average Bonchev–Trinajstić information content (AvgIpc) is 3.14. The van der Waals surface area contributed by atoms with Crippen molar-refractivity contribution in [3.63, 3.8) is 0 Å². The Balaban J connectivity index is 1.86. The van der Waals surface area contributed by atoms with Gasteiger partial charge in [-0.05, 0) is 50.6 Å². The molecule has 0 amide bonds. The van der Waals surface area contributed by atoms with Crippen LogP contribution in [-0.2, 0) is 0 Å². The molecule has 1 aliphatic rings. The second-order valence-corrected chi connectivity index (χ2v) is 5.47. The number of hydrogen-bond donors (Lipinski definition) is 2. The third kappa shape index (κ3) is 3.43. The molecule has 0 atom stereocenters. The summed E-state index contributed by atoms with van der Waals surface area (Å²) in [5, 5.41) is 3.47. The number of nitrogens with two attached hydrogens (primary N) is 1. The van der Waals surface area contributed by atoms with Crippen LogP contribution in [0, 0.1) is 6.92 Å². The molecule has 0 aliphatic heterocycles. The Bertz CT molecular complexity index is 441. The number of nitrogens with one attached hydrogen (secondary N) is 1. The van der Waals surface area contributed by atoms with E-state index in [1.54, 1.807) is 0 Å². The minimum absolute atomic E-state index is 0.457. The highest BCUT2D eigenvalue weighted by Crippen LogP contribution is 2.24. The van der Waals surface area contributed by atoms with E-state index in [0.717, 1.165) is 24.7 Å². The molecule has 18 heavy (non-hydrogen) atoms. The van der Waals surface area contributed by atoms with Crippen LogP contribution in [0.25, 0.3) is 0 Å². The summed E-state index contributed by atoms with van der Waals surface area (Å²) in [6.07, 6.45) is 2.72. The summed E-state index contributed by atoms with van der Waals surface area (Å²) in [5.41, 5.74) is 8.91. The lowest BCUT2D eigenvalue weighted by molar-refractivity contribution is 0.337. The minimum Gasteiger partial charge on any atom is -0.389 e. The van der Waals surface area contributed by atoms with Crippen molar-refractivity contribution in [2.24, 2.45) is 5.73 Å². The molecule has 0 spiro atoms. The van der Waals surface area contributed by atoms with Gasteiger partial charge in [0, 0.05) is 30.4 Å². The van der Waals surface area contributed by atoms with Gasteiger partial charge in [0.05, 0.1) is 0 Å². The molecule has 0 unspecified atom stereocenters. The van der Waals surface area contributed by atoms with Gasteiger partial charge in [-0.2, -0.15) is 0 Å². The Morgan fingerprint density at radius 2 is 2.22 bits per heavy atom. The first-order valence-corrected chi connectivity index (χ1v) is 6.83. The van der Waals surface area contributed by atoms with Crippen molar-refractivity contribution in [1.29, 1.82) is 0 Å². The summed E-state index contributed by atoms with van der Waals surface area (Å²) in [4.78, 5) is 2.88. The van der Waals surface area contributed by atoms with Crippen LogP contribution >= 0.6 is 12.2 Å². The third-order valence-electron chi connectivity index (χ3n) is 3.46. The Morgan fingerprint density at radius 3 is 2.78 bits per heavy atom. The molecule has 98 valence electrons. The number of nitrogens with zero attached hydrogens (tertiary/aromatic N) is 1. The van der Waals surface area contributed by atoms with Crippen LogP contribution in [0.15, 0.2) is 18.2 Å². The van der Waals surface area contributed by atoms with Crippen LogP contribution in [0.1, 0.15) is 24.0 Å². The zero-order valence-corrected chi connectivity index (χ0v) is 11.9. The third-order valence-corrected chi connectivity index (χ3v) is 3.70. The Kier molecular flexibility index (Phi) is 4.19. The molecule has 3 nitrogen and oxygen atoms in total. The standard InChI is InChI=1S/C14H21N3S/c1-10-9-11(14(15)18)3-6-13(10)16-7-8-17(2)12-4-5-12/h3,6,9,12,16H,4-5,7-8H2,1-2H3,(H2,15,18). The maximum atomic E-state index is 5.62. The molecular weight excluding hydrogens is 242 g/mol. The number of aryl methyl sites for hydroxylation is 1. The summed E-state index contributed by atoms with van der Waals surface area (Å²) in [6, 6.07) is 6.89. The predicted molar refractivity (Wildman–Crippen MR) is 81.2 cm³/mol. The molecule has 3 N–H and O–H groups in total. The Hall–Kier alpha value is -1.13. The zero-order valence-electron chi connectivity index (χ0n) is 11.1. The van der Waals surface area contributed by atoms with Gasteiger partial charge in [-0.25, -0.2) is 0 Å². The van der Waals surface area contributed by atoms with E-state index in [-0.39, 0.29) is 0 Å². The molecule has 0 radical (unpaired) electrons. The summed E-state index contributed by atoms with van der Waals surface area (Å²) in [6.45, 7) is 4.14. The molecule has 1 aliphatic carbocycles. The zero-order chi connectivity index (χ0) is 13.1.